The molecule has 2 N–H and O–H groups in total. The number of phenols is 2. The van der Waals surface area contributed by atoms with E-state index in [4.69, 9.17) is 28.4 Å². The average Bonchev–Trinajstić information content (AvgIpc) is 2.82. The Morgan fingerprint density at radius 3 is 1.14 bits per heavy atom. The van der Waals surface area contributed by atoms with E-state index in [1.165, 1.54) is 137 Å². The molecule has 5 heterocycles. The zero-order valence-corrected chi connectivity index (χ0v) is 55.9. The third-order valence-corrected chi connectivity index (χ3v) is 28.2. The van der Waals surface area contributed by atoms with Crippen LogP contribution in [0, 0.1) is 27.7 Å². The van der Waals surface area contributed by atoms with Crippen LogP contribution >= 0.6 is 0 Å². The van der Waals surface area contributed by atoms with Gasteiger partial charge in [0.25, 0.3) is 0 Å². The van der Waals surface area contributed by atoms with E-state index in [-0.39, 0.29) is 10.9 Å². The summed E-state index contributed by atoms with van der Waals surface area (Å²) in [4.78, 5) is 7.42. The van der Waals surface area contributed by atoms with Crippen molar-refractivity contribution >= 4 is 86.8 Å². The molecule has 5 aliphatic heterocycles. The number of aromatic hydroxyl groups is 2. The van der Waals surface area contributed by atoms with E-state index in [0.29, 0.717) is 81.5 Å². The normalized spacial score (nSPS) is 17.0. The second-order valence-corrected chi connectivity index (χ2v) is 33.7. The minimum absolute atomic E-state index is 0.273. The summed E-state index contributed by atoms with van der Waals surface area (Å²) in [6.45, 7) is 14.3. The molecule has 0 aliphatic carbocycles. The van der Waals surface area contributed by atoms with Crippen LogP contribution in [-0.4, -0.2) is 135 Å². The largest absolute Gasteiger partial charge is 0.507 e. The standard InChI is InChI=1S/C18H23O2S.C17H21O3S.C14H14O2S.C12H16OS.C12H17S/c1-19-11-12-20-17-9-10-18(21-13-5-2-6-14-21)16-8-4-3-7-15(16)17;1-18-8-9-20-16-6-7-17(21-12-10-19-11-13-21)15-5-3-2-4-14(15)16;15-13-5-6-14(17-9-7-16-8-10-17)12-4-2-1-3-11(12)13;1-9-7-11(8-10(2)12(9)13)14-5-3-4-6-14;1-10-7-11(2)9-12(8-10)13-5-3-4-6-13/h3-4,7-10H,2,5-6,11-14H2,1H3;2-7H,8-13H2,1H3;1-6H,7-10H2;7-8H,3-6H2,1-2H3;7-9H,3-6H2,1-2H3/q2*+1;;;+1/p+2. The van der Waals surface area contributed by atoms with Gasteiger partial charge < -0.3 is 38.6 Å². The molecule has 13 heteroatoms. The van der Waals surface area contributed by atoms with Crippen molar-refractivity contribution in [1.82, 2.24) is 0 Å². The summed E-state index contributed by atoms with van der Waals surface area (Å²) in [7, 11) is 5.44. The lowest BCUT2D eigenvalue weighted by atomic mass is 10.1. The van der Waals surface area contributed by atoms with E-state index in [1.807, 2.05) is 38.1 Å². The lowest BCUT2D eigenvalue weighted by Gasteiger charge is -2.17. The van der Waals surface area contributed by atoms with Crippen molar-refractivity contribution in [2.45, 2.75) is 97.1 Å². The Morgan fingerprint density at radius 1 is 0.360 bits per heavy atom. The number of fused-ring (bicyclic) bond motifs is 3. The summed E-state index contributed by atoms with van der Waals surface area (Å²) < 4.78 is 32.8. The number of rotatable bonds is 13. The Labute approximate surface area is 528 Å². The lowest BCUT2D eigenvalue weighted by molar-refractivity contribution is 0.147. The molecule has 8 nitrogen and oxygen atoms in total. The van der Waals surface area contributed by atoms with Crippen LogP contribution in [0.25, 0.3) is 32.3 Å². The first-order valence-electron chi connectivity index (χ1n) is 31.0. The molecule has 0 bridgehead atoms. The Hall–Kier alpha value is -4.67. The first kappa shape index (κ1) is 65.8. The number of ether oxygens (including phenoxy) is 6. The zero-order valence-electron chi connectivity index (χ0n) is 51.8. The summed E-state index contributed by atoms with van der Waals surface area (Å²) in [5.41, 5.74) is 4.91. The first-order valence-corrected chi connectivity index (χ1v) is 38.8. The summed E-state index contributed by atoms with van der Waals surface area (Å²) in [6, 6.07) is 49.3. The number of methoxy groups -OCH3 is 2. The fourth-order valence-electron chi connectivity index (χ4n) is 11.7. The van der Waals surface area contributed by atoms with Crippen molar-refractivity contribution in [2.75, 3.05) is 125 Å². The number of hydrogen-bond acceptors (Lipinski definition) is 8. The van der Waals surface area contributed by atoms with Gasteiger partial charge in [-0.15, -0.1) is 0 Å². The predicted molar refractivity (Wildman–Crippen MR) is 373 cm³/mol. The van der Waals surface area contributed by atoms with Crippen molar-refractivity contribution in [3.63, 3.8) is 0 Å². The molecular weight excluding hydrogens is 1170 g/mol. The molecule has 13 rings (SSSR count). The van der Waals surface area contributed by atoms with E-state index >= 15 is 0 Å². The summed E-state index contributed by atoms with van der Waals surface area (Å²) in [5.74, 6) is 15.5. The summed E-state index contributed by atoms with van der Waals surface area (Å²) >= 11 is 0. The molecule has 458 valence electrons. The van der Waals surface area contributed by atoms with E-state index in [1.54, 1.807) is 19.1 Å². The van der Waals surface area contributed by atoms with Gasteiger partial charge in [-0.3, -0.25) is 0 Å². The van der Waals surface area contributed by atoms with Gasteiger partial charge in [0.1, 0.15) is 93.7 Å². The highest BCUT2D eigenvalue weighted by molar-refractivity contribution is 7.98. The van der Waals surface area contributed by atoms with Crippen molar-refractivity contribution in [2.24, 2.45) is 0 Å². The van der Waals surface area contributed by atoms with Crippen LogP contribution in [0.15, 0.2) is 164 Å². The molecule has 5 saturated heterocycles. The van der Waals surface area contributed by atoms with Gasteiger partial charge in [0.15, 0.2) is 24.5 Å². The van der Waals surface area contributed by atoms with Gasteiger partial charge in [-0.05, 0) is 174 Å². The van der Waals surface area contributed by atoms with Gasteiger partial charge in [-0.25, -0.2) is 0 Å². The highest BCUT2D eigenvalue weighted by atomic mass is 32.2. The third-order valence-electron chi connectivity index (χ3n) is 16.1. The molecule has 0 aromatic heterocycles. The van der Waals surface area contributed by atoms with Gasteiger partial charge in [-0.1, -0.05) is 60.7 Å². The monoisotopic (exact) mass is 1260 g/mol. The maximum Gasteiger partial charge on any atom is 0.163 e. The van der Waals surface area contributed by atoms with Crippen LogP contribution in [-0.2, 0) is 73.4 Å². The van der Waals surface area contributed by atoms with Crippen LogP contribution < -0.4 is 9.47 Å². The Morgan fingerprint density at radius 2 is 0.709 bits per heavy atom. The minimum Gasteiger partial charge on any atom is -0.507 e. The van der Waals surface area contributed by atoms with E-state index in [0.717, 1.165) is 77.5 Å². The topological polar surface area (TPSA) is 95.8 Å². The van der Waals surface area contributed by atoms with Crippen LogP contribution in [0.3, 0.4) is 0 Å². The SMILES string of the molecule is COCCOc1ccc([S+]2CCCCC2)c2ccccc12.COCCOc1ccc([S+]2CCOCC2)c2ccccc12.Cc1cc(C)cc([S+]2CCCC2)c1.Cc1cc([S+]2CCCC2)cc(C)c1O.Oc1ccc([S+]2CCOCC2)c2ccccc12. The van der Waals surface area contributed by atoms with Crippen molar-refractivity contribution in [3.05, 3.63) is 162 Å². The molecule has 86 heavy (non-hydrogen) atoms. The molecule has 0 radical (unpaired) electrons. The van der Waals surface area contributed by atoms with Crippen molar-refractivity contribution < 1.29 is 38.6 Å². The molecule has 5 fully saturated rings. The molecule has 0 atom stereocenters. The number of phenolic OH excluding ortho intramolecular Hbond substituents is 2. The van der Waals surface area contributed by atoms with Gasteiger partial charge in [0, 0.05) is 101 Å². The number of aryl methyl sites for hydroxylation is 4. The highest BCUT2D eigenvalue weighted by Crippen LogP contribution is 2.37. The molecule has 8 aromatic carbocycles. The molecule has 0 spiro atoms. The fourth-order valence-corrected chi connectivity index (χ4v) is 23.2. The molecule has 5 aliphatic rings. The second-order valence-electron chi connectivity index (χ2n) is 22.5. The Bertz CT molecular complexity index is 3230. The first-order chi connectivity index (χ1) is 42.1. The van der Waals surface area contributed by atoms with Crippen LogP contribution in [0.4, 0.5) is 0 Å². The molecule has 0 saturated carbocycles. The second kappa shape index (κ2) is 34.3. The Balaban J connectivity index is 0.000000130. The molecule has 0 amide bonds. The van der Waals surface area contributed by atoms with Crippen LogP contribution in [0.1, 0.15) is 67.2 Å². The summed E-state index contributed by atoms with van der Waals surface area (Å²) in [5, 5.41) is 26.8. The predicted octanol–water partition coefficient (Wildman–Crippen LogP) is 15.3. The van der Waals surface area contributed by atoms with E-state index in [2.05, 4.69) is 129 Å². The quantitative estimate of drug-likeness (QED) is 0.0871. The fraction of sp³-hybridized carbons (Fsp3) is 0.425. The summed E-state index contributed by atoms with van der Waals surface area (Å²) in [6.07, 6.45) is 9.79. The maximum atomic E-state index is 9.87. The minimum atomic E-state index is 0.273. The maximum absolute atomic E-state index is 9.87. The molecular formula is C73H93O8S5+5. The molecule has 8 aromatic rings. The number of benzene rings is 8. The lowest BCUT2D eigenvalue weighted by Crippen LogP contribution is -2.26. The van der Waals surface area contributed by atoms with Crippen molar-refractivity contribution in [1.29, 1.82) is 0 Å². The Kier molecular flexibility index (Phi) is 26.3. The van der Waals surface area contributed by atoms with Gasteiger partial charge >= 0.3 is 0 Å². The average molecular weight is 1260 g/mol. The van der Waals surface area contributed by atoms with Gasteiger partial charge in [-0.2, -0.15) is 0 Å². The number of hydrogen-bond donors (Lipinski definition) is 2. The van der Waals surface area contributed by atoms with Gasteiger partial charge in [0.05, 0.1) is 39.6 Å². The van der Waals surface area contributed by atoms with E-state index in [9.17, 15) is 10.2 Å². The van der Waals surface area contributed by atoms with Crippen molar-refractivity contribution in [3.8, 4) is 23.0 Å². The zero-order chi connectivity index (χ0) is 60.0. The van der Waals surface area contributed by atoms with Crippen LogP contribution in [0.2, 0.25) is 0 Å². The van der Waals surface area contributed by atoms with Crippen LogP contribution in [0.5, 0.6) is 23.0 Å². The van der Waals surface area contributed by atoms with Gasteiger partial charge in [0.2, 0.25) is 0 Å². The smallest absolute Gasteiger partial charge is 0.163 e. The third kappa shape index (κ3) is 18.2. The van der Waals surface area contributed by atoms with E-state index < -0.39 is 0 Å². The molecule has 0 unspecified atom stereocenters. The highest BCUT2D eigenvalue weighted by Gasteiger charge is 2.32.